The summed E-state index contributed by atoms with van der Waals surface area (Å²) in [5.74, 6) is -0.401. The van der Waals surface area contributed by atoms with Crippen molar-refractivity contribution >= 4 is 23.2 Å². The minimum absolute atomic E-state index is 0.0195. The van der Waals surface area contributed by atoms with E-state index in [0.717, 1.165) is 0 Å². The van der Waals surface area contributed by atoms with Crippen molar-refractivity contribution in [2.24, 2.45) is 11.1 Å². The molecule has 0 saturated heterocycles. The van der Waals surface area contributed by atoms with Crippen LogP contribution in [0.5, 0.6) is 0 Å². The first kappa shape index (κ1) is 17.4. The molecule has 1 aliphatic carbocycles. The highest BCUT2D eigenvalue weighted by atomic mass is 16.5. The quantitative estimate of drug-likeness (QED) is 0.775. The Labute approximate surface area is 136 Å². The van der Waals surface area contributed by atoms with E-state index >= 15 is 0 Å². The van der Waals surface area contributed by atoms with Crippen molar-refractivity contribution in [2.45, 2.75) is 45.8 Å². The molecule has 126 valence electrons. The Kier molecular flexibility index (Phi) is 4.77. The fraction of sp³-hybridized carbons (Fsp3) is 0.529. The van der Waals surface area contributed by atoms with Crippen molar-refractivity contribution < 1.29 is 14.3 Å². The highest BCUT2D eigenvalue weighted by Crippen LogP contribution is 2.50. The van der Waals surface area contributed by atoms with Gasteiger partial charge in [0, 0.05) is 36.7 Å². The molecule has 0 spiro atoms. The normalized spacial score (nSPS) is 25.3. The topological polar surface area (TPSA) is 93.4 Å². The van der Waals surface area contributed by atoms with Gasteiger partial charge < -0.3 is 21.1 Å². The number of anilines is 2. The first-order chi connectivity index (χ1) is 10.7. The molecule has 4 N–H and O–H groups in total. The van der Waals surface area contributed by atoms with Gasteiger partial charge in [0.15, 0.2) is 0 Å². The molecule has 1 fully saturated rings. The summed E-state index contributed by atoms with van der Waals surface area (Å²) in [6.07, 6.45) is 0.472. The molecule has 23 heavy (non-hydrogen) atoms. The molecule has 2 atom stereocenters. The Balaban J connectivity index is 2.09. The fourth-order valence-electron chi connectivity index (χ4n) is 2.94. The largest absolute Gasteiger partial charge is 0.378 e. The molecular formula is C17H25N3O3. The van der Waals surface area contributed by atoms with Crippen LogP contribution in [0.3, 0.4) is 0 Å². The van der Waals surface area contributed by atoms with Crippen LogP contribution in [0.25, 0.3) is 0 Å². The number of hydrogen-bond acceptors (Lipinski definition) is 4. The van der Waals surface area contributed by atoms with Crippen LogP contribution >= 0.6 is 0 Å². The molecular weight excluding hydrogens is 294 g/mol. The summed E-state index contributed by atoms with van der Waals surface area (Å²) < 4.78 is 5.64. The molecule has 0 aliphatic heterocycles. The van der Waals surface area contributed by atoms with Gasteiger partial charge in [-0.1, -0.05) is 19.9 Å². The summed E-state index contributed by atoms with van der Waals surface area (Å²) in [4.78, 5) is 23.7. The SMILES string of the molecule is CCOC1CC(N)(C(=O)Nc2cccc(NC(C)=O)c2)C1(C)C. The maximum atomic E-state index is 12.6. The lowest BCUT2D eigenvalue weighted by Crippen LogP contribution is -2.74. The fourth-order valence-corrected chi connectivity index (χ4v) is 2.94. The second-order valence-corrected chi connectivity index (χ2v) is 6.56. The first-order valence-electron chi connectivity index (χ1n) is 7.80. The lowest BCUT2D eigenvalue weighted by atomic mass is 9.54. The highest BCUT2D eigenvalue weighted by Gasteiger charge is 2.62. The van der Waals surface area contributed by atoms with E-state index in [1.807, 2.05) is 20.8 Å². The minimum atomic E-state index is -0.975. The van der Waals surface area contributed by atoms with Crippen LogP contribution in [0, 0.1) is 5.41 Å². The van der Waals surface area contributed by atoms with Gasteiger partial charge in [0.25, 0.3) is 0 Å². The summed E-state index contributed by atoms with van der Waals surface area (Å²) in [7, 11) is 0. The third kappa shape index (κ3) is 3.23. The molecule has 1 saturated carbocycles. The van der Waals surface area contributed by atoms with Gasteiger partial charge in [0.1, 0.15) is 5.54 Å². The standard InChI is InChI=1S/C17H25N3O3/c1-5-23-14-10-17(18,16(14,3)4)15(22)20-13-8-6-7-12(9-13)19-11(2)21/h6-9,14H,5,10,18H2,1-4H3,(H,19,21)(H,20,22). The van der Waals surface area contributed by atoms with Gasteiger partial charge in [-0.25, -0.2) is 0 Å². The minimum Gasteiger partial charge on any atom is -0.378 e. The van der Waals surface area contributed by atoms with Crippen LogP contribution < -0.4 is 16.4 Å². The molecule has 0 radical (unpaired) electrons. The van der Waals surface area contributed by atoms with Crippen LogP contribution in [-0.4, -0.2) is 30.1 Å². The van der Waals surface area contributed by atoms with Gasteiger partial charge in [-0.3, -0.25) is 9.59 Å². The summed E-state index contributed by atoms with van der Waals surface area (Å²) in [6.45, 7) is 7.86. The maximum Gasteiger partial charge on any atom is 0.245 e. The Morgan fingerprint density at radius 1 is 1.30 bits per heavy atom. The van der Waals surface area contributed by atoms with Crippen LogP contribution in [0.15, 0.2) is 24.3 Å². The molecule has 1 aliphatic rings. The van der Waals surface area contributed by atoms with E-state index in [0.29, 0.717) is 24.4 Å². The summed E-state index contributed by atoms with van der Waals surface area (Å²) >= 11 is 0. The monoisotopic (exact) mass is 319 g/mol. The van der Waals surface area contributed by atoms with Crippen LogP contribution in [0.2, 0.25) is 0 Å². The second kappa shape index (κ2) is 6.29. The van der Waals surface area contributed by atoms with Crippen LogP contribution in [0.1, 0.15) is 34.1 Å². The van der Waals surface area contributed by atoms with Crippen molar-refractivity contribution in [3.8, 4) is 0 Å². The molecule has 1 aromatic carbocycles. The predicted molar refractivity (Wildman–Crippen MR) is 90.1 cm³/mol. The Bertz CT molecular complexity index is 615. The summed E-state index contributed by atoms with van der Waals surface area (Å²) in [5.41, 5.74) is 6.16. The van der Waals surface area contributed by atoms with Gasteiger partial charge in [-0.15, -0.1) is 0 Å². The lowest BCUT2D eigenvalue weighted by molar-refractivity contribution is -0.166. The van der Waals surface area contributed by atoms with Gasteiger partial charge in [0.05, 0.1) is 6.10 Å². The molecule has 0 aromatic heterocycles. The third-order valence-electron chi connectivity index (χ3n) is 4.68. The lowest BCUT2D eigenvalue weighted by Gasteiger charge is -2.57. The Morgan fingerprint density at radius 3 is 2.43 bits per heavy atom. The van der Waals surface area contributed by atoms with E-state index in [-0.39, 0.29) is 17.9 Å². The number of nitrogens with two attached hydrogens (primary N) is 1. The molecule has 6 heteroatoms. The molecule has 1 aromatic rings. The van der Waals surface area contributed by atoms with Crippen molar-refractivity contribution in [1.82, 2.24) is 0 Å². The van der Waals surface area contributed by atoms with E-state index in [4.69, 9.17) is 10.5 Å². The molecule has 0 heterocycles. The van der Waals surface area contributed by atoms with Crippen molar-refractivity contribution in [1.29, 1.82) is 0 Å². The van der Waals surface area contributed by atoms with Crippen LogP contribution in [-0.2, 0) is 14.3 Å². The van der Waals surface area contributed by atoms with Gasteiger partial charge in [-0.2, -0.15) is 0 Å². The zero-order valence-electron chi connectivity index (χ0n) is 14.1. The first-order valence-corrected chi connectivity index (χ1v) is 7.80. The van der Waals surface area contributed by atoms with E-state index in [9.17, 15) is 9.59 Å². The van der Waals surface area contributed by atoms with E-state index in [2.05, 4.69) is 10.6 Å². The zero-order valence-corrected chi connectivity index (χ0v) is 14.1. The summed E-state index contributed by atoms with van der Waals surface area (Å²) in [5, 5.41) is 5.53. The number of carbonyl (C=O) groups excluding carboxylic acids is 2. The second-order valence-electron chi connectivity index (χ2n) is 6.56. The Hall–Kier alpha value is -1.92. The molecule has 6 nitrogen and oxygen atoms in total. The number of benzene rings is 1. The zero-order chi connectivity index (χ0) is 17.3. The number of ether oxygens (including phenoxy) is 1. The number of amides is 2. The van der Waals surface area contributed by atoms with Crippen molar-refractivity contribution in [2.75, 3.05) is 17.2 Å². The van der Waals surface area contributed by atoms with E-state index < -0.39 is 11.0 Å². The third-order valence-corrected chi connectivity index (χ3v) is 4.68. The van der Waals surface area contributed by atoms with Gasteiger partial charge in [0.2, 0.25) is 11.8 Å². The Morgan fingerprint density at radius 2 is 1.91 bits per heavy atom. The number of nitrogens with one attached hydrogen (secondary N) is 2. The van der Waals surface area contributed by atoms with E-state index in [1.165, 1.54) is 6.92 Å². The number of carbonyl (C=O) groups is 2. The number of hydrogen-bond donors (Lipinski definition) is 3. The van der Waals surface area contributed by atoms with Crippen LogP contribution in [0.4, 0.5) is 11.4 Å². The predicted octanol–water partition coefficient (Wildman–Crippen LogP) is 2.12. The highest BCUT2D eigenvalue weighted by molar-refractivity contribution is 6.00. The number of rotatable bonds is 5. The smallest absolute Gasteiger partial charge is 0.245 e. The van der Waals surface area contributed by atoms with Gasteiger partial charge >= 0.3 is 0 Å². The molecule has 2 rings (SSSR count). The van der Waals surface area contributed by atoms with E-state index in [1.54, 1.807) is 24.3 Å². The van der Waals surface area contributed by atoms with Gasteiger partial charge in [-0.05, 0) is 25.1 Å². The average molecular weight is 319 g/mol. The molecule has 0 bridgehead atoms. The average Bonchev–Trinajstić information content (AvgIpc) is 2.46. The van der Waals surface area contributed by atoms with Crippen molar-refractivity contribution in [3.05, 3.63) is 24.3 Å². The maximum absolute atomic E-state index is 12.6. The van der Waals surface area contributed by atoms with Crippen molar-refractivity contribution in [3.63, 3.8) is 0 Å². The summed E-state index contributed by atoms with van der Waals surface area (Å²) in [6, 6.07) is 6.99. The molecule has 2 amide bonds. The molecule has 2 unspecified atom stereocenters.